The molecule has 4 rings (SSSR count). The van der Waals surface area contributed by atoms with Crippen molar-refractivity contribution in [3.63, 3.8) is 0 Å². The highest BCUT2D eigenvalue weighted by atomic mass is 16.6. The Morgan fingerprint density at radius 1 is 0.758 bits per heavy atom. The number of allylic oxidation sites excluding steroid dienone is 8. The van der Waals surface area contributed by atoms with E-state index in [1.807, 2.05) is 0 Å². The van der Waals surface area contributed by atoms with Gasteiger partial charge in [0.1, 0.15) is 5.76 Å². The number of rotatable bonds is 5. The molecule has 10 heteroatoms. The van der Waals surface area contributed by atoms with E-state index < -0.39 is 57.2 Å². The van der Waals surface area contributed by atoms with E-state index in [1.165, 1.54) is 30.4 Å². The average molecular weight is 456 g/mol. The van der Waals surface area contributed by atoms with Crippen LogP contribution in [0, 0.1) is 43.9 Å². The molecule has 33 heavy (non-hydrogen) atoms. The fourth-order valence-electron chi connectivity index (χ4n) is 5.84. The van der Waals surface area contributed by atoms with Gasteiger partial charge in [-0.25, -0.2) is 0 Å². The lowest BCUT2D eigenvalue weighted by Crippen LogP contribution is -2.40. The van der Waals surface area contributed by atoms with Crippen LogP contribution < -0.4 is 0 Å². The summed E-state index contributed by atoms with van der Waals surface area (Å²) in [6, 6.07) is -2.04. The predicted molar refractivity (Wildman–Crippen MR) is 114 cm³/mol. The third kappa shape index (κ3) is 3.83. The van der Waals surface area contributed by atoms with E-state index in [-0.39, 0.29) is 29.1 Å². The minimum Gasteiger partial charge on any atom is -0.511 e. The molecule has 0 aromatic rings. The van der Waals surface area contributed by atoms with Crippen molar-refractivity contribution in [1.82, 2.24) is 0 Å². The van der Waals surface area contributed by atoms with Crippen LogP contribution >= 0.6 is 0 Å². The van der Waals surface area contributed by atoms with Crippen LogP contribution in [0.2, 0.25) is 0 Å². The van der Waals surface area contributed by atoms with Crippen LogP contribution in [-0.4, -0.2) is 44.4 Å². The Kier molecular flexibility index (Phi) is 6.09. The van der Waals surface area contributed by atoms with Crippen LogP contribution in [0.1, 0.15) is 38.5 Å². The standard InChI is InChI=1S/C23H24N2O8/c26-20-12-8-4-10-16(24(30)31)18(12)22(28)14(20)6-2-1-3-7-15-21(27)13-9-5-11-17(25(32)33)19(13)23(15)29/h1-3,6-7,12-13,16-19,26H,4-5,8-11H2. The number of carbonyl (C=O) groups is 3. The molecule has 0 saturated heterocycles. The first-order valence-corrected chi connectivity index (χ1v) is 11.1. The van der Waals surface area contributed by atoms with Gasteiger partial charge in [-0.3, -0.25) is 34.6 Å². The molecule has 6 unspecified atom stereocenters. The Labute approximate surface area is 189 Å². The van der Waals surface area contributed by atoms with Crippen LogP contribution in [0.4, 0.5) is 0 Å². The number of hydrogen-bond acceptors (Lipinski definition) is 8. The zero-order valence-electron chi connectivity index (χ0n) is 17.8. The van der Waals surface area contributed by atoms with Gasteiger partial charge in [0.15, 0.2) is 17.3 Å². The van der Waals surface area contributed by atoms with E-state index >= 15 is 0 Å². The SMILES string of the molecule is O=C1C(=CC=CC=CC2=C(O)C3CCCC([N+](=O)[O-])C3C2=O)C(=O)C2C1CCCC2[N+](=O)[O-]. The van der Waals surface area contributed by atoms with Gasteiger partial charge in [-0.05, 0) is 37.8 Å². The van der Waals surface area contributed by atoms with E-state index in [9.17, 15) is 39.7 Å². The first-order valence-electron chi connectivity index (χ1n) is 11.1. The fourth-order valence-corrected chi connectivity index (χ4v) is 5.84. The zero-order valence-corrected chi connectivity index (χ0v) is 17.8. The molecular weight excluding hydrogens is 432 g/mol. The Hall–Kier alpha value is -3.43. The Balaban J connectivity index is 1.48. The van der Waals surface area contributed by atoms with Crippen LogP contribution in [0.5, 0.6) is 0 Å². The van der Waals surface area contributed by atoms with Gasteiger partial charge in [0, 0.05) is 34.5 Å². The number of aliphatic hydroxyl groups is 1. The number of nitrogens with zero attached hydrogens (tertiary/aromatic N) is 2. The molecular formula is C23H24N2O8. The molecule has 0 aliphatic heterocycles. The van der Waals surface area contributed by atoms with Gasteiger partial charge in [0.25, 0.3) is 0 Å². The van der Waals surface area contributed by atoms with Gasteiger partial charge in [-0.15, -0.1) is 0 Å². The molecule has 174 valence electrons. The molecule has 6 atom stereocenters. The van der Waals surface area contributed by atoms with Crippen molar-refractivity contribution in [3.05, 3.63) is 67.5 Å². The Morgan fingerprint density at radius 2 is 1.33 bits per heavy atom. The molecule has 3 saturated carbocycles. The second-order valence-electron chi connectivity index (χ2n) is 9.05. The normalized spacial score (nSPS) is 35.6. The topological polar surface area (TPSA) is 158 Å². The highest BCUT2D eigenvalue weighted by Crippen LogP contribution is 2.44. The monoisotopic (exact) mass is 456 g/mol. The molecule has 1 N–H and O–H groups in total. The summed E-state index contributed by atoms with van der Waals surface area (Å²) in [5.74, 6) is -4.40. The van der Waals surface area contributed by atoms with Crippen LogP contribution in [0.15, 0.2) is 47.3 Å². The number of ketones is 3. The maximum Gasteiger partial charge on any atom is 0.223 e. The van der Waals surface area contributed by atoms with Gasteiger partial charge < -0.3 is 5.11 Å². The zero-order chi connectivity index (χ0) is 23.9. The second-order valence-corrected chi connectivity index (χ2v) is 9.05. The van der Waals surface area contributed by atoms with Crippen LogP contribution in [0.3, 0.4) is 0 Å². The minimum absolute atomic E-state index is 0.0453. The number of Topliss-reactive ketones (excluding diaryl/α,β-unsaturated/α-hetero) is 3. The number of hydrogen-bond donors (Lipinski definition) is 1. The molecule has 3 fully saturated rings. The van der Waals surface area contributed by atoms with Crippen molar-refractivity contribution < 1.29 is 29.3 Å². The average Bonchev–Trinajstić information content (AvgIpc) is 3.18. The molecule has 10 nitrogen and oxygen atoms in total. The third-order valence-corrected chi connectivity index (χ3v) is 7.38. The van der Waals surface area contributed by atoms with Gasteiger partial charge in [0.05, 0.1) is 23.0 Å². The van der Waals surface area contributed by atoms with Crippen molar-refractivity contribution in [1.29, 1.82) is 0 Å². The molecule has 0 spiro atoms. The number of carbonyl (C=O) groups excluding carboxylic acids is 3. The maximum absolute atomic E-state index is 12.7. The molecule has 0 radical (unpaired) electrons. The summed E-state index contributed by atoms with van der Waals surface area (Å²) in [5, 5.41) is 33.1. The van der Waals surface area contributed by atoms with Crippen LogP contribution in [0.25, 0.3) is 0 Å². The molecule has 0 bridgehead atoms. The summed E-state index contributed by atoms with van der Waals surface area (Å²) in [4.78, 5) is 59.7. The van der Waals surface area contributed by atoms with Crippen molar-refractivity contribution in [2.45, 2.75) is 50.6 Å². The Bertz CT molecular complexity index is 1050. The van der Waals surface area contributed by atoms with E-state index in [2.05, 4.69) is 0 Å². The number of aliphatic hydroxyl groups excluding tert-OH is 1. The van der Waals surface area contributed by atoms with Crippen molar-refractivity contribution in [3.8, 4) is 0 Å². The quantitative estimate of drug-likeness (QED) is 0.217. The summed E-state index contributed by atoms with van der Waals surface area (Å²) in [7, 11) is 0. The summed E-state index contributed by atoms with van der Waals surface area (Å²) >= 11 is 0. The molecule has 0 amide bonds. The van der Waals surface area contributed by atoms with Gasteiger partial charge >= 0.3 is 0 Å². The third-order valence-electron chi connectivity index (χ3n) is 7.38. The van der Waals surface area contributed by atoms with Crippen molar-refractivity contribution >= 4 is 17.3 Å². The van der Waals surface area contributed by atoms with E-state index in [1.54, 1.807) is 0 Å². The fraction of sp³-hybridized carbons (Fsp3) is 0.522. The van der Waals surface area contributed by atoms with Gasteiger partial charge in [-0.1, -0.05) is 18.2 Å². The number of fused-ring (bicyclic) bond motifs is 2. The summed E-state index contributed by atoms with van der Waals surface area (Å²) < 4.78 is 0. The largest absolute Gasteiger partial charge is 0.511 e. The van der Waals surface area contributed by atoms with E-state index in [0.717, 1.165) is 0 Å². The summed E-state index contributed by atoms with van der Waals surface area (Å²) in [5.41, 5.74) is -0.00818. The first-order chi connectivity index (χ1) is 15.7. The highest BCUT2D eigenvalue weighted by molar-refractivity contribution is 6.27. The predicted octanol–water partition coefficient (Wildman–Crippen LogP) is 2.70. The molecule has 0 aromatic heterocycles. The van der Waals surface area contributed by atoms with E-state index in [0.29, 0.717) is 32.1 Å². The molecule has 0 heterocycles. The lowest BCUT2D eigenvalue weighted by molar-refractivity contribution is -0.533. The minimum atomic E-state index is -1.04. The first kappa shape index (κ1) is 22.8. The van der Waals surface area contributed by atoms with E-state index in [4.69, 9.17) is 0 Å². The smallest absolute Gasteiger partial charge is 0.223 e. The maximum atomic E-state index is 12.7. The van der Waals surface area contributed by atoms with Crippen molar-refractivity contribution in [2.75, 3.05) is 0 Å². The molecule has 4 aliphatic carbocycles. The lowest BCUT2D eigenvalue weighted by Gasteiger charge is -2.26. The number of nitro groups is 2. The second kappa shape index (κ2) is 8.84. The van der Waals surface area contributed by atoms with Gasteiger partial charge in [0.2, 0.25) is 12.1 Å². The summed E-state index contributed by atoms with van der Waals surface area (Å²) in [6.07, 6.45) is 9.73. The summed E-state index contributed by atoms with van der Waals surface area (Å²) in [6.45, 7) is 0. The van der Waals surface area contributed by atoms with Crippen molar-refractivity contribution in [2.24, 2.45) is 23.7 Å². The molecule has 4 aliphatic rings. The van der Waals surface area contributed by atoms with Crippen LogP contribution in [-0.2, 0) is 14.4 Å². The lowest BCUT2D eigenvalue weighted by atomic mass is 9.77. The molecule has 0 aromatic carbocycles. The Morgan fingerprint density at radius 3 is 1.94 bits per heavy atom. The highest BCUT2D eigenvalue weighted by Gasteiger charge is 2.55. The van der Waals surface area contributed by atoms with Gasteiger partial charge in [-0.2, -0.15) is 0 Å².